The van der Waals surface area contributed by atoms with E-state index in [0.717, 1.165) is 25.9 Å². The number of hydrogen-bond acceptors (Lipinski definition) is 2. The monoisotopic (exact) mass is 300 g/mol. The first-order valence-corrected chi connectivity index (χ1v) is 7.33. The topological polar surface area (TPSA) is 15.3 Å². The highest BCUT2D eigenvalue weighted by atomic mass is 19.4. The van der Waals surface area contributed by atoms with Gasteiger partial charge in [0.1, 0.15) is 0 Å². The van der Waals surface area contributed by atoms with Crippen LogP contribution in [0, 0.1) is 5.41 Å². The van der Waals surface area contributed by atoms with E-state index in [1.54, 1.807) is 19.2 Å². The molecule has 1 aliphatic rings. The smallest absolute Gasteiger partial charge is 0.371 e. The fraction of sp³-hybridized carbons (Fsp3) is 0.625. The van der Waals surface area contributed by atoms with E-state index in [2.05, 4.69) is 24.1 Å². The number of rotatable bonds is 3. The summed E-state index contributed by atoms with van der Waals surface area (Å²) in [6, 6.07) is 4.69. The van der Waals surface area contributed by atoms with E-state index >= 15 is 0 Å². The Kier molecular flexibility index (Phi) is 4.51. The second-order valence-corrected chi connectivity index (χ2v) is 6.52. The number of hydrogen-bond donors (Lipinski definition) is 1. The van der Waals surface area contributed by atoms with Gasteiger partial charge >= 0.3 is 6.18 Å². The van der Waals surface area contributed by atoms with Gasteiger partial charge in [-0.15, -0.1) is 0 Å². The van der Waals surface area contributed by atoms with Crippen molar-refractivity contribution in [1.29, 1.82) is 0 Å². The van der Waals surface area contributed by atoms with Gasteiger partial charge in [-0.3, -0.25) is 0 Å². The molecule has 0 atom stereocenters. The molecular weight excluding hydrogens is 277 g/mol. The third kappa shape index (κ3) is 3.90. The number of nitrogens with one attached hydrogen (secondary N) is 1. The largest absolute Gasteiger partial charge is 0.416 e. The molecule has 21 heavy (non-hydrogen) atoms. The third-order valence-corrected chi connectivity index (χ3v) is 4.25. The molecule has 2 rings (SSSR count). The molecule has 0 amide bonds. The maximum atomic E-state index is 13.2. The number of alkyl halides is 3. The molecular formula is C16H23F3N2. The number of anilines is 1. The first-order valence-electron chi connectivity index (χ1n) is 7.33. The molecule has 0 radical (unpaired) electrons. The van der Waals surface area contributed by atoms with Crippen LogP contribution >= 0.6 is 0 Å². The van der Waals surface area contributed by atoms with Gasteiger partial charge in [-0.1, -0.05) is 19.9 Å². The Bertz CT molecular complexity index is 485. The number of nitrogens with zero attached hydrogens (tertiary/aromatic N) is 1. The van der Waals surface area contributed by atoms with Crippen molar-refractivity contribution in [2.45, 2.75) is 39.4 Å². The van der Waals surface area contributed by atoms with Crippen LogP contribution in [0.1, 0.15) is 37.8 Å². The van der Waals surface area contributed by atoms with Crippen LogP contribution in [0.3, 0.4) is 0 Å². The minimum atomic E-state index is -4.31. The van der Waals surface area contributed by atoms with Crippen molar-refractivity contribution in [2.75, 3.05) is 25.0 Å². The molecule has 1 heterocycles. The van der Waals surface area contributed by atoms with Gasteiger partial charge in [0.15, 0.2) is 0 Å². The van der Waals surface area contributed by atoms with Crippen LogP contribution in [0.2, 0.25) is 0 Å². The molecule has 0 bridgehead atoms. The average Bonchev–Trinajstić information content (AvgIpc) is 2.38. The van der Waals surface area contributed by atoms with Gasteiger partial charge in [0, 0.05) is 25.3 Å². The van der Waals surface area contributed by atoms with Crippen molar-refractivity contribution in [3.05, 3.63) is 29.3 Å². The van der Waals surface area contributed by atoms with Gasteiger partial charge < -0.3 is 10.2 Å². The summed E-state index contributed by atoms with van der Waals surface area (Å²) in [5.41, 5.74) is 0.734. The van der Waals surface area contributed by atoms with Gasteiger partial charge in [-0.2, -0.15) is 13.2 Å². The Morgan fingerprint density at radius 3 is 2.33 bits per heavy atom. The molecule has 5 heteroatoms. The highest BCUT2D eigenvalue weighted by Crippen LogP contribution is 2.37. The van der Waals surface area contributed by atoms with E-state index in [9.17, 15) is 13.2 Å². The van der Waals surface area contributed by atoms with Crippen LogP contribution in [0.25, 0.3) is 0 Å². The average molecular weight is 300 g/mol. The van der Waals surface area contributed by atoms with E-state index in [-0.39, 0.29) is 12.0 Å². The quantitative estimate of drug-likeness (QED) is 0.906. The summed E-state index contributed by atoms with van der Waals surface area (Å²) in [5, 5.41) is 2.79. The Morgan fingerprint density at radius 1 is 1.19 bits per heavy atom. The van der Waals surface area contributed by atoms with Crippen molar-refractivity contribution < 1.29 is 13.2 Å². The zero-order chi connectivity index (χ0) is 15.7. The molecule has 1 saturated heterocycles. The van der Waals surface area contributed by atoms with Gasteiger partial charge in [0.25, 0.3) is 0 Å². The Labute approximate surface area is 124 Å². The standard InChI is InChI=1S/C16H23F3N2/c1-15(2)6-8-21(9-7-15)13-5-4-12(11-20-3)14(10-13)16(17,18)19/h4-5,10,20H,6-9,11H2,1-3H3. The summed E-state index contributed by atoms with van der Waals surface area (Å²) < 4.78 is 39.6. The maximum absolute atomic E-state index is 13.2. The molecule has 0 aromatic heterocycles. The second-order valence-electron chi connectivity index (χ2n) is 6.52. The van der Waals surface area contributed by atoms with Crippen LogP contribution in [0.5, 0.6) is 0 Å². The molecule has 1 aromatic rings. The predicted octanol–water partition coefficient (Wildman–Crippen LogP) is 4.05. The van der Waals surface area contributed by atoms with E-state index in [1.165, 1.54) is 6.07 Å². The fourth-order valence-corrected chi connectivity index (χ4v) is 2.74. The molecule has 2 nitrogen and oxygen atoms in total. The lowest BCUT2D eigenvalue weighted by molar-refractivity contribution is -0.138. The highest BCUT2D eigenvalue weighted by molar-refractivity contribution is 5.52. The van der Waals surface area contributed by atoms with Crippen molar-refractivity contribution in [1.82, 2.24) is 5.32 Å². The van der Waals surface area contributed by atoms with Crippen molar-refractivity contribution in [2.24, 2.45) is 5.41 Å². The summed E-state index contributed by atoms with van der Waals surface area (Å²) in [6.07, 6.45) is -2.30. The maximum Gasteiger partial charge on any atom is 0.416 e. The van der Waals surface area contributed by atoms with E-state index < -0.39 is 11.7 Å². The van der Waals surface area contributed by atoms with Gasteiger partial charge in [-0.25, -0.2) is 0 Å². The zero-order valence-corrected chi connectivity index (χ0v) is 12.8. The van der Waals surface area contributed by atoms with Crippen LogP contribution in [-0.4, -0.2) is 20.1 Å². The second kappa shape index (κ2) is 5.87. The number of benzene rings is 1. The summed E-state index contributed by atoms with van der Waals surface area (Å²) in [4.78, 5) is 2.06. The van der Waals surface area contributed by atoms with Crippen molar-refractivity contribution >= 4 is 5.69 Å². The highest BCUT2D eigenvalue weighted by Gasteiger charge is 2.34. The van der Waals surface area contributed by atoms with Crippen LogP contribution < -0.4 is 10.2 Å². The van der Waals surface area contributed by atoms with E-state index in [1.807, 2.05) is 0 Å². The molecule has 0 unspecified atom stereocenters. The molecule has 1 aliphatic heterocycles. The molecule has 1 fully saturated rings. The van der Waals surface area contributed by atoms with Crippen LogP contribution in [-0.2, 0) is 12.7 Å². The minimum absolute atomic E-state index is 0.224. The predicted molar refractivity (Wildman–Crippen MR) is 79.4 cm³/mol. The van der Waals surface area contributed by atoms with Crippen LogP contribution in [0.4, 0.5) is 18.9 Å². The normalized spacial score (nSPS) is 18.9. The van der Waals surface area contributed by atoms with Crippen molar-refractivity contribution in [3.8, 4) is 0 Å². The summed E-state index contributed by atoms with van der Waals surface area (Å²) >= 11 is 0. The zero-order valence-electron chi connectivity index (χ0n) is 12.8. The molecule has 118 valence electrons. The fourth-order valence-electron chi connectivity index (χ4n) is 2.74. The lowest BCUT2D eigenvalue weighted by atomic mass is 9.82. The van der Waals surface area contributed by atoms with Crippen molar-refractivity contribution in [3.63, 3.8) is 0 Å². The Morgan fingerprint density at radius 2 is 1.81 bits per heavy atom. The Hall–Kier alpha value is -1.23. The summed E-state index contributed by atoms with van der Waals surface area (Å²) in [5.74, 6) is 0. The van der Waals surface area contributed by atoms with E-state index in [0.29, 0.717) is 11.3 Å². The third-order valence-electron chi connectivity index (χ3n) is 4.25. The lowest BCUT2D eigenvalue weighted by Crippen LogP contribution is -2.37. The summed E-state index contributed by atoms with van der Waals surface area (Å²) in [7, 11) is 1.65. The van der Waals surface area contributed by atoms with Gasteiger partial charge in [0.2, 0.25) is 0 Å². The number of halogens is 3. The lowest BCUT2D eigenvalue weighted by Gasteiger charge is -2.38. The minimum Gasteiger partial charge on any atom is -0.371 e. The molecule has 0 aliphatic carbocycles. The SMILES string of the molecule is CNCc1ccc(N2CCC(C)(C)CC2)cc1C(F)(F)F. The van der Waals surface area contributed by atoms with E-state index in [4.69, 9.17) is 0 Å². The van der Waals surface area contributed by atoms with Crippen LogP contribution in [0.15, 0.2) is 18.2 Å². The summed E-state index contributed by atoms with van der Waals surface area (Å²) in [6.45, 7) is 6.27. The van der Waals surface area contributed by atoms with Gasteiger partial charge in [-0.05, 0) is 43.0 Å². The molecule has 0 spiro atoms. The Balaban J connectivity index is 2.26. The molecule has 1 aromatic carbocycles. The number of piperidine rings is 1. The first kappa shape index (κ1) is 16.1. The molecule has 1 N–H and O–H groups in total. The first-order chi connectivity index (χ1) is 9.73. The van der Waals surface area contributed by atoms with Gasteiger partial charge in [0.05, 0.1) is 5.56 Å². The molecule has 0 saturated carbocycles.